The van der Waals surface area contributed by atoms with E-state index in [0.717, 1.165) is 12.0 Å². The number of aryl methyl sites for hydroxylation is 1. The molecule has 0 aliphatic rings. The van der Waals surface area contributed by atoms with Crippen molar-refractivity contribution in [3.05, 3.63) is 35.4 Å². The normalized spacial score (nSPS) is 12.5. The van der Waals surface area contributed by atoms with Gasteiger partial charge < -0.3 is 11.1 Å². The number of rotatable bonds is 5. The van der Waals surface area contributed by atoms with Gasteiger partial charge >= 0.3 is 0 Å². The fourth-order valence-corrected chi connectivity index (χ4v) is 1.88. The molecular formula is C15H25ClN2O. The van der Waals surface area contributed by atoms with Crippen LogP contribution in [-0.4, -0.2) is 11.9 Å². The minimum absolute atomic E-state index is 0. The van der Waals surface area contributed by atoms with Crippen LogP contribution >= 0.6 is 12.4 Å². The maximum absolute atomic E-state index is 11.9. The van der Waals surface area contributed by atoms with Crippen molar-refractivity contribution in [1.29, 1.82) is 0 Å². The van der Waals surface area contributed by atoms with Crippen LogP contribution < -0.4 is 11.1 Å². The highest BCUT2D eigenvalue weighted by molar-refractivity contribution is 5.85. The average molecular weight is 285 g/mol. The lowest BCUT2D eigenvalue weighted by Gasteiger charge is -2.27. The molecule has 0 spiro atoms. The maximum atomic E-state index is 11.9. The van der Waals surface area contributed by atoms with Crippen LogP contribution in [0.3, 0.4) is 0 Å². The number of hydrogen-bond donors (Lipinski definition) is 2. The van der Waals surface area contributed by atoms with Crippen LogP contribution in [-0.2, 0) is 10.3 Å². The van der Waals surface area contributed by atoms with Gasteiger partial charge in [-0.15, -0.1) is 12.4 Å². The molecule has 1 aromatic carbocycles. The summed E-state index contributed by atoms with van der Waals surface area (Å²) < 4.78 is 0. The highest BCUT2D eigenvalue weighted by Crippen LogP contribution is 2.21. The summed E-state index contributed by atoms with van der Waals surface area (Å²) in [4.78, 5) is 11.9. The van der Waals surface area contributed by atoms with Crippen molar-refractivity contribution in [2.75, 3.05) is 0 Å². The van der Waals surface area contributed by atoms with Gasteiger partial charge in [-0.2, -0.15) is 0 Å². The fraction of sp³-hybridized carbons (Fsp3) is 0.533. The number of benzene rings is 1. The zero-order valence-corrected chi connectivity index (χ0v) is 13.0. The van der Waals surface area contributed by atoms with E-state index in [4.69, 9.17) is 5.73 Å². The smallest absolute Gasteiger partial charge is 0.220 e. The first kappa shape index (κ1) is 17.9. The van der Waals surface area contributed by atoms with Gasteiger partial charge in [-0.05, 0) is 39.7 Å². The van der Waals surface area contributed by atoms with E-state index in [1.54, 1.807) is 0 Å². The third kappa shape index (κ3) is 6.08. The van der Waals surface area contributed by atoms with Gasteiger partial charge in [0, 0.05) is 12.5 Å². The summed E-state index contributed by atoms with van der Waals surface area (Å²) in [5.41, 5.74) is 7.63. The number of halogens is 1. The zero-order chi connectivity index (χ0) is 13.8. The SMILES string of the molecule is Cc1cccc(C(C)(C)NC(=O)CCC(C)N)c1.Cl. The van der Waals surface area contributed by atoms with Gasteiger partial charge in [0.25, 0.3) is 0 Å². The van der Waals surface area contributed by atoms with E-state index in [1.807, 2.05) is 32.9 Å². The van der Waals surface area contributed by atoms with Crippen LogP contribution in [0.15, 0.2) is 24.3 Å². The first-order valence-electron chi connectivity index (χ1n) is 6.45. The highest BCUT2D eigenvalue weighted by Gasteiger charge is 2.22. The second-order valence-electron chi connectivity index (χ2n) is 5.56. The van der Waals surface area contributed by atoms with Crippen molar-refractivity contribution >= 4 is 18.3 Å². The molecule has 1 aromatic rings. The van der Waals surface area contributed by atoms with Crippen molar-refractivity contribution < 1.29 is 4.79 Å². The molecule has 4 heteroatoms. The Hall–Kier alpha value is -1.06. The Morgan fingerprint density at radius 2 is 2.05 bits per heavy atom. The Kier molecular flexibility index (Phi) is 7.09. The monoisotopic (exact) mass is 284 g/mol. The van der Waals surface area contributed by atoms with E-state index in [1.165, 1.54) is 5.56 Å². The largest absolute Gasteiger partial charge is 0.347 e. The lowest BCUT2D eigenvalue weighted by molar-refractivity contribution is -0.122. The molecule has 108 valence electrons. The summed E-state index contributed by atoms with van der Waals surface area (Å²) in [5, 5.41) is 3.06. The Bertz CT molecular complexity index is 416. The summed E-state index contributed by atoms with van der Waals surface area (Å²) in [7, 11) is 0. The Labute approximate surface area is 122 Å². The standard InChI is InChI=1S/C15H24N2O.ClH/c1-11-6-5-7-13(10-11)15(3,4)17-14(18)9-8-12(2)16;/h5-7,10,12H,8-9,16H2,1-4H3,(H,17,18);1H. The van der Waals surface area contributed by atoms with Crippen LogP contribution in [0.1, 0.15) is 44.7 Å². The van der Waals surface area contributed by atoms with E-state index < -0.39 is 0 Å². The molecule has 0 aromatic heterocycles. The third-order valence-electron chi connectivity index (χ3n) is 3.02. The third-order valence-corrected chi connectivity index (χ3v) is 3.02. The molecule has 0 aliphatic carbocycles. The molecule has 0 saturated carbocycles. The van der Waals surface area contributed by atoms with E-state index >= 15 is 0 Å². The Balaban J connectivity index is 0.00000324. The van der Waals surface area contributed by atoms with E-state index in [9.17, 15) is 4.79 Å². The molecule has 0 aliphatic heterocycles. The Morgan fingerprint density at radius 1 is 1.42 bits per heavy atom. The number of nitrogens with two attached hydrogens (primary N) is 1. The predicted octanol–water partition coefficient (Wildman–Crippen LogP) is 2.90. The van der Waals surface area contributed by atoms with Gasteiger partial charge in [-0.25, -0.2) is 0 Å². The molecule has 1 amide bonds. The van der Waals surface area contributed by atoms with Crippen molar-refractivity contribution in [2.45, 2.75) is 52.1 Å². The minimum Gasteiger partial charge on any atom is -0.347 e. The lowest BCUT2D eigenvalue weighted by Crippen LogP contribution is -2.41. The summed E-state index contributed by atoms with van der Waals surface area (Å²) in [6.45, 7) is 8.01. The molecule has 0 bridgehead atoms. The van der Waals surface area contributed by atoms with E-state index in [-0.39, 0.29) is 29.9 Å². The number of nitrogens with one attached hydrogen (secondary N) is 1. The summed E-state index contributed by atoms with van der Waals surface area (Å²) in [5.74, 6) is 0.0545. The molecule has 19 heavy (non-hydrogen) atoms. The van der Waals surface area contributed by atoms with Crippen molar-refractivity contribution in [1.82, 2.24) is 5.32 Å². The van der Waals surface area contributed by atoms with Crippen LogP contribution in [0, 0.1) is 6.92 Å². The molecule has 0 radical (unpaired) electrons. The second-order valence-corrected chi connectivity index (χ2v) is 5.56. The number of carbonyl (C=O) groups excluding carboxylic acids is 1. The van der Waals surface area contributed by atoms with E-state index in [0.29, 0.717) is 6.42 Å². The summed E-state index contributed by atoms with van der Waals surface area (Å²) in [6.07, 6.45) is 1.20. The molecule has 1 unspecified atom stereocenters. The zero-order valence-electron chi connectivity index (χ0n) is 12.2. The van der Waals surface area contributed by atoms with Crippen LogP contribution in [0.5, 0.6) is 0 Å². The van der Waals surface area contributed by atoms with Gasteiger partial charge in [0.1, 0.15) is 0 Å². The quantitative estimate of drug-likeness (QED) is 0.873. The van der Waals surface area contributed by atoms with Crippen LogP contribution in [0.25, 0.3) is 0 Å². The van der Waals surface area contributed by atoms with Crippen LogP contribution in [0.2, 0.25) is 0 Å². The summed E-state index contributed by atoms with van der Waals surface area (Å²) in [6, 6.07) is 8.28. The Morgan fingerprint density at radius 3 is 2.58 bits per heavy atom. The molecule has 0 heterocycles. The molecular weight excluding hydrogens is 260 g/mol. The van der Waals surface area contributed by atoms with Gasteiger partial charge in [-0.1, -0.05) is 29.8 Å². The summed E-state index contributed by atoms with van der Waals surface area (Å²) >= 11 is 0. The first-order valence-corrected chi connectivity index (χ1v) is 6.45. The van der Waals surface area contributed by atoms with Crippen molar-refractivity contribution in [3.63, 3.8) is 0 Å². The van der Waals surface area contributed by atoms with Gasteiger partial charge in [-0.3, -0.25) is 4.79 Å². The molecule has 1 rings (SSSR count). The minimum atomic E-state index is -0.346. The van der Waals surface area contributed by atoms with Crippen molar-refractivity contribution in [3.8, 4) is 0 Å². The molecule has 3 nitrogen and oxygen atoms in total. The predicted molar refractivity (Wildman–Crippen MR) is 82.5 cm³/mol. The highest BCUT2D eigenvalue weighted by atomic mass is 35.5. The lowest BCUT2D eigenvalue weighted by atomic mass is 9.92. The van der Waals surface area contributed by atoms with Gasteiger partial charge in [0.2, 0.25) is 5.91 Å². The number of hydrogen-bond acceptors (Lipinski definition) is 2. The first-order chi connectivity index (χ1) is 8.31. The van der Waals surface area contributed by atoms with Gasteiger partial charge in [0.15, 0.2) is 0 Å². The molecule has 0 fully saturated rings. The fourth-order valence-electron chi connectivity index (χ4n) is 1.88. The number of carbonyl (C=O) groups is 1. The molecule has 3 N–H and O–H groups in total. The van der Waals surface area contributed by atoms with E-state index in [2.05, 4.69) is 24.4 Å². The number of amides is 1. The van der Waals surface area contributed by atoms with Crippen molar-refractivity contribution in [2.24, 2.45) is 5.73 Å². The molecule has 0 saturated heterocycles. The maximum Gasteiger partial charge on any atom is 0.220 e. The molecule has 1 atom stereocenters. The second kappa shape index (κ2) is 7.51. The van der Waals surface area contributed by atoms with Crippen LogP contribution in [0.4, 0.5) is 0 Å². The topological polar surface area (TPSA) is 55.1 Å². The van der Waals surface area contributed by atoms with Gasteiger partial charge in [0.05, 0.1) is 5.54 Å². The average Bonchev–Trinajstić information content (AvgIpc) is 2.26.